The minimum Gasteiger partial charge on any atom is -0.370 e. The lowest BCUT2D eigenvalue weighted by Crippen LogP contribution is -2.48. The second-order valence-electron chi connectivity index (χ2n) is 9.75. The Morgan fingerprint density at radius 3 is 2.58 bits per heavy atom. The fourth-order valence-electron chi connectivity index (χ4n) is 5.42. The number of anilines is 1. The molecule has 1 fully saturated rings. The number of morpholine rings is 1. The summed E-state index contributed by atoms with van der Waals surface area (Å²) in [5.74, 6) is 0. The van der Waals surface area contributed by atoms with Crippen molar-refractivity contribution < 1.29 is 4.74 Å². The highest BCUT2D eigenvalue weighted by molar-refractivity contribution is 5.87. The Balaban J connectivity index is 1.25. The van der Waals surface area contributed by atoms with E-state index in [0.29, 0.717) is 5.69 Å². The van der Waals surface area contributed by atoms with Crippen LogP contribution in [0.2, 0.25) is 0 Å². The Kier molecular flexibility index (Phi) is 5.46. The summed E-state index contributed by atoms with van der Waals surface area (Å²) in [6.45, 7) is 8.53. The molecule has 5 aromatic rings. The van der Waals surface area contributed by atoms with Crippen molar-refractivity contribution in [2.45, 2.75) is 39.5 Å². The van der Waals surface area contributed by atoms with E-state index in [9.17, 15) is 5.26 Å². The molecule has 1 aliphatic rings. The topological polar surface area (TPSA) is 71.4 Å². The monoisotopic (exact) mass is 476 g/mol. The second-order valence-corrected chi connectivity index (χ2v) is 9.75. The number of fused-ring (bicyclic) bond motifs is 2. The average molecular weight is 477 g/mol. The van der Waals surface area contributed by atoms with Crippen LogP contribution in [0.4, 0.5) is 5.69 Å². The first-order valence-corrected chi connectivity index (χ1v) is 12.3. The summed E-state index contributed by atoms with van der Waals surface area (Å²) in [4.78, 5) is 6.86. The van der Waals surface area contributed by atoms with Crippen molar-refractivity contribution in [3.8, 4) is 17.2 Å². The Morgan fingerprint density at radius 1 is 0.972 bits per heavy atom. The van der Waals surface area contributed by atoms with E-state index in [2.05, 4.69) is 75.3 Å². The number of rotatable bonds is 4. The molecule has 0 bridgehead atoms. The van der Waals surface area contributed by atoms with Gasteiger partial charge in [-0.25, -0.2) is 4.52 Å². The van der Waals surface area contributed by atoms with Gasteiger partial charge < -0.3 is 14.2 Å². The summed E-state index contributed by atoms with van der Waals surface area (Å²) in [7, 11) is 0. The van der Waals surface area contributed by atoms with Crippen LogP contribution >= 0.6 is 0 Å². The number of nitrogens with zero attached hydrogens (tertiary/aromatic N) is 6. The van der Waals surface area contributed by atoms with E-state index in [4.69, 9.17) is 4.74 Å². The summed E-state index contributed by atoms with van der Waals surface area (Å²) >= 11 is 0. The molecule has 4 aromatic heterocycles. The van der Waals surface area contributed by atoms with Crippen molar-refractivity contribution >= 4 is 22.0 Å². The summed E-state index contributed by atoms with van der Waals surface area (Å²) in [6, 6.07) is 19.0. The van der Waals surface area contributed by atoms with Crippen molar-refractivity contribution in [1.29, 1.82) is 5.26 Å². The van der Waals surface area contributed by atoms with Crippen LogP contribution in [-0.2, 0) is 11.3 Å². The normalized spacial score (nSPS) is 18.1. The average Bonchev–Trinajstić information content (AvgIpc) is 3.49. The molecule has 0 aliphatic carbocycles. The van der Waals surface area contributed by atoms with E-state index in [1.165, 1.54) is 21.9 Å². The van der Waals surface area contributed by atoms with Gasteiger partial charge in [0.15, 0.2) is 0 Å². The third kappa shape index (κ3) is 4.10. The number of hydrogen-bond acceptors (Lipinski definition) is 5. The van der Waals surface area contributed by atoms with Gasteiger partial charge >= 0.3 is 0 Å². The highest BCUT2D eigenvalue weighted by Gasteiger charge is 2.27. The molecule has 0 spiro atoms. The van der Waals surface area contributed by atoms with E-state index >= 15 is 0 Å². The molecule has 6 rings (SSSR count). The van der Waals surface area contributed by atoms with Crippen LogP contribution < -0.4 is 4.90 Å². The fourth-order valence-corrected chi connectivity index (χ4v) is 5.42. The van der Waals surface area contributed by atoms with Crippen LogP contribution in [0, 0.1) is 25.2 Å². The number of hydrogen-bond donors (Lipinski definition) is 0. The molecule has 180 valence electrons. The van der Waals surface area contributed by atoms with Crippen molar-refractivity contribution in [2.24, 2.45) is 0 Å². The van der Waals surface area contributed by atoms with Gasteiger partial charge in [0.05, 0.1) is 36.2 Å². The third-order valence-corrected chi connectivity index (χ3v) is 6.84. The molecule has 0 N–H and O–H groups in total. The van der Waals surface area contributed by atoms with Crippen molar-refractivity contribution in [3.05, 3.63) is 84.2 Å². The molecule has 36 heavy (non-hydrogen) atoms. The van der Waals surface area contributed by atoms with Crippen molar-refractivity contribution in [3.63, 3.8) is 0 Å². The first kappa shape index (κ1) is 22.3. The summed E-state index contributed by atoms with van der Waals surface area (Å²) in [5.41, 5.74) is 7.03. The minimum atomic E-state index is 0.0409. The standard InChI is InChI=1S/C29H28N6O/c1-19-10-24(11-20(2)32-19)22-4-5-23-15-33(16-25(23)12-22)17-27-18-34(14-21(3)36-27)28-7-6-26(13-30)35-29(28)8-9-31-35/h4-12,15-16,21,27H,14,17-18H2,1-3H3/t21-,27+/m1/s1. The molecular weight excluding hydrogens is 448 g/mol. The van der Waals surface area contributed by atoms with Crippen LogP contribution in [-0.4, -0.2) is 44.5 Å². The van der Waals surface area contributed by atoms with Gasteiger partial charge in [-0.1, -0.05) is 12.1 Å². The number of benzene rings is 1. The lowest BCUT2D eigenvalue weighted by Gasteiger charge is -2.38. The highest BCUT2D eigenvalue weighted by atomic mass is 16.5. The fraction of sp³-hybridized carbons (Fsp3) is 0.276. The Labute approximate surface area is 210 Å². The lowest BCUT2D eigenvalue weighted by molar-refractivity contribution is -0.0238. The van der Waals surface area contributed by atoms with Gasteiger partial charge in [0.2, 0.25) is 0 Å². The van der Waals surface area contributed by atoms with Gasteiger partial charge in [-0.05, 0) is 79.1 Å². The molecule has 1 aliphatic heterocycles. The number of aromatic nitrogens is 4. The zero-order valence-electron chi connectivity index (χ0n) is 20.7. The van der Waals surface area contributed by atoms with E-state index < -0.39 is 0 Å². The largest absolute Gasteiger partial charge is 0.370 e. The number of aryl methyl sites for hydroxylation is 2. The molecule has 1 saturated heterocycles. The number of ether oxygens (including phenoxy) is 1. The van der Waals surface area contributed by atoms with Crippen molar-refractivity contribution in [2.75, 3.05) is 18.0 Å². The molecule has 0 unspecified atom stereocenters. The van der Waals surface area contributed by atoms with Gasteiger partial charge in [-0.3, -0.25) is 4.98 Å². The van der Waals surface area contributed by atoms with Gasteiger partial charge in [-0.15, -0.1) is 0 Å². The lowest BCUT2D eigenvalue weighted by atomic mass is 10.0. The van der Waals surface area contributed by atoms with Gasteiger partial charge in [0, 0.05) is 36.9 Å². The number of pyridine rings is 2. The molecule has 2 atom stereocenters. The van der Waals surface area contributed by atoms with Crippen LogP contribution in [0.3, 0.4) is 0 Å². The van der Waals surface area contributed by atoms with Crippen LogP contribution in [0.5, 0.6) is 0 Å². The van der Waals surface area contributed by atoms with Gasteiger partial charge in [0.1, 0.15) is 11.8 Å². The third-order valence-electron chi connectivity index (χ3n) is 6.84. The molecular formula is C29H28N6O. The predicted molar refractivity (Wildman–Crippen MR) is 141 cm³/mol. The second kappa shape index (κ2) is 8.81. The maximum atomic E-state index is 9.42. The van der Waals surface area contributed by atoms with E-state index in [1.807, 2.05) is 32.0 Å². The molecule has 7 nitrogen and oxygen atoms in total. The first-order chi connectivity index (χ1) is 17.5. The molecule has 0 saturated carbocycles. The molecule has 0 radical (unpaired) electrons. The zero-order chi connectivity index (χ0) is 24.8. The van der Waals surface area contributed by atoms with E-state index in [0.717, 1.165) is 42.2 Å². The number of nitriles is 1. The van der Waals surface area contributed by atoms with Crippen LogP contribution in [0.15, 0.2) is 67.1 Å². The van der Waals surface area contributed by atoms with E-state index in [-0.39, 0.29) is 12.2 Å². The minimum absolute atomic E-state index is 0.0409. The predicted octanol–water partition coefficient (Wildman–Crippen LogP) is 5.13. The maximum Gasteiger partial charge on any atom is 0.142 e. The van der Waals surface area contributed by atoms with Gasteiger partial charge in [-0.2, -0.15) is 10.4 Å². The molecule has 5 heterocycles. The molecule has 1 aromatic carbocycles. The highest BCUT2D eigenvalue weighted by Crippen LogP contribution is 2.29. The maximum absolute atomic E-state index is 9.42. The van der Waals surface area contributed by atoms with E-state index in [1.54, 1.807) is 10.7 Å². The Morgan fingerprint density at radius 2 is 1.78 bits per heavy atom. The zero-order valence-corrected chi connectivity index (χ0v) is 20.7. The van der Waals surface area contributed by atoms with Crippen molar-refractivity contribution in [1.82, 2.24) is 19.2 Å². The van der Waals surface area contributed by atoms with Gasteiger partial charge in [0.25, 0.3) is 0 Å². The Hall–Kier alpha value is -4.15. The first-order valence-electron chi connectivity index (χ1n) is 12.3. The summed E-state index contributed by atoms with van der Waals surface area (Å²) in [6.07, 6.45) is 6.29. The quantitative estimate of drug-likeness (QED) is 0.359. The summed E-state index contributed by atoms with van der Waals surface area (Å²) < 4.78 is 10.3. The van der Waals surface area contributed by atoms with Crippen LogP contribution in [0.25, 0.3) is 27.4 Å². The smallest absolute Gasteiger partial charge is 0.142 e. The van der Waals surface area contributed by atoms with Crippen LogP contribution in [0.1, 0.15) is 24.0 Å². The molecule has 0 amide bonds. The SMILES string of the molecule is Cc1cc(-c2ccc3cn(C[C@H]4CN(c5ccc(C#N)n6nccc56)C[C@@H](C)O4)cc3c2)cc(C)n1. The Bertz CT molecular complexity index is 1600. The summed E-state index contributed by atoms with van der Waals surface area (Å²) in [5, 5.41) is 16.2. The molecule has 7 heteroatoms.